The smallest absolute Gasteiger partial charge is 0.255 e. The Kier molecular flexibility index (Phi) is 4.57. The van der Waals surface area contributed by atoms with Gasteiger partial charge in [-0.1, -0.05) is 18.2 Å². The first-order chi connectivity index (χ1) is 11.0. The predicted molar refractivity (Wildman–Crippen MR) is 92.0 cm³/mol. The van der Waals surface area contributed by atoms with Crippen LogP contribution in [0.3, 0.4) is 0 Å². The molecular weight excluding hydrogens is 358 g/mol. The van der Waals surface area contributed by atoms with Crippen LogP contribution in [0, 0.1) is 12.8 Å². The molecule has 0 radical (unpaired) electrons. The summed E-state index contributed by atoms with van der Waals surface area (Å²) in [6, 6.07) is 11.4. The van der Waals surface area contributed by atoms with Gasteiger partial charge in [-0.05, 0) is 58.6 Å². The predicted octanol–water partition coefficient (Wildman–Crippen LogP) is 3.44. The van der Waals surface area contributed by atoms with Gasteiger partial charge in [-0.15, -0.1) is 0 Å². The van der Waals surface area contributed by atoms with E-state index in [2.05, 4.69) is 21.2 Å². The molecular formula is C18H18BrNO3. The standard InChI is InChI=1S/C18H18BrNO3/c1-11-6-14(17(21)15(19)7-11)18(22)20-9-12-8-13-4-2-3-5-16(13)23-10-12/h2-7,12,21H,8-10H2,1H3,(H,20,22). The van der Waals surface area contributed by atoms with Gasteiger partial charge in [0.2, 0.25) is 0 Å². The maximum Gasteiger partial charge on any atom is 0.255 e. The zero-order valence-electron chi connectivity index (χ0n) is 12.8. The molecule has 2 N–H and O–H groups in total. The van der Waals surface area contributed by atoms with Crippen molar-refractivity contribution in [3.63, 3.8) is 0 Å². The first-order valence-corrected chi connectivity index (χ1v) is 8.32. The third kappa shape index (κ3) is 3.50. The second-order valence-corrected chi connectivity index (χ2v) is 6.70. The lowest BCUT2D eigenvalue weighted by Crippen LogP contribution is -2.34. The number of para-hydroxylation sites is 1. The lowest BCUT2D eigenvalue weighted by atomic mass is 9.96. The number of phenolic OH excluding ortho intramolecular Hbond substituents is 1. The Morgan fingerprint density at radius 1 is 1.39 bits per heavy atom. The minimum atomic E-state index is -0.272. The van der Waals surface area contributed by atoms with Crippen LogP contribution in [0.5, 0.6) is 11.5 Å². The van der Waals surface area contributed by atoms with Gasteiger partial charge in [0.25, 0.3) is 5.91 Å². The summed E-state index contributed by atoms with van der Waals surface area (Å²) in [5.74, 6) is 0.851. The lowest BCUT2D eigenvalue weighted by molar-refractivity contribution is 0.0936. The van der Waals surface area contributed by atoms with Crippen LogP contribution in [0.4, 0.5) is 0 Å². The zero-order chi connectivity index (χ0) is 16.4. The van der Waals surface area contributed by atoms with Gasteiger partial charge >= 0.3 is 0 Å². The van der Waals surface area contributed by atoms with E-state index in [-0.39, 0.29) is 23.1 Å². The topological polar surface area (TPSA) is 58.6 Å². The average molecular weight is 376 g/mol. The van der Waals surface area contributed by atoms with Crippen molar-refractivity contribution in [1.82, 2.24) is 5.32 Å². The quantitative estimate of drug-likeness (QED) is 0.863. The second kappa shape index (κ2) is 6.62. The van der Waals surface area contributed by atoms with E-state index in [0.29, 0.717) is 17.6 Å². The highest BCUT2D eigenvalue weighted by Crippen LogP contribution is 2.30. The van der Waals surface area contributed by atoms with Gasteiger partial charge in [0.1, 0.15) is 11.5 Å². The molecule has 0 fully saturated rings. The minimum Gasteiger partial charge on any atom is -0.506 e. The molecule has 4 nitrogen and oxygen atoms in total. The Bertz CT molecular complexity index is 745. The van der Waals surface area contributed by atoms with Gasteiger partial charge in [0.15, 0.2) is 0 Å². The van der Waals surface area contributed by atoms with E-state index in [1.165, 1.54) is 5.56 Å². The summed E-state index contributed by atoms with van der Waals surface area (Å²) in [4.78, 5) is 12.3. The maximum atomic E-state index is 12.3. The molecule has 0 spiro atoms. The van der Waals surface area contributed by atoms with Crippen molar-refractivity contribution < 1.29 is 14.6 Å². The van der Waals surface area contributed by atoms with Crippen molar-refractivity contribution in [2.45, 2.75) is 13.3 Å². The van der Waals surface area contributed by atoms with Crippen LogP contribution in [0.2, 0.25) is 0 Å². The number of amides is 1. The number of carbonyl (C=O) groups excluding carboxylic acids is 1. The molecule has 0 saturated carbocycles. The molecule has 1 unspecified atom stereocenters. The summed E-state index contributed by atoms with van der Waals surface area (Å²) in [5.41, 5.74) is 2.36. The lowest BCUT2D eigenvalue weighted by Gasteiger charge is -2.25. The Morgan fingerprint density at radius 3 is 3.00 bits per heavy atom. The summed E-state index contributed by atoms with van der Waals surface area (Å²) < 4.78 is 6.25. The van der Waals surface area contributed by atoms with Crippen LogP contribution in [0.15, 0.2) is 40.9 Å². The van der Waals surface area contributed by atoms with Gasteiger partial charge in [0.05, 0.1) is 16.6 Å². The van der Waals surface area contributed by atoms with Crippen molar-refractivity contribution in [2.75, 3.05) is 13.2 Å². The van der Waals surface area contributed by atoms with Crippen molar-refractivity contribution in [3.8, 4) is 11.5 Å². The first kappa shape index (κ1) is 15.9. The highest BCUT2D eigenvalue weighted by atomic mass is 79.9. The molecule has 3 rings (SSSR count). The Morgan fingerprint density at radius 2 is 2.17 bits per heavy atom. The van der Waals surface area contributed by atoms with E-state index < -0.39 is 0 Å². The molecule has 2 aromatic carbocycles. The number of phenols is 1. The molecule has 0 bridgehead atoms. The summed E-state index contributed by atoms with van der Waals surface area (Å²) in [5, 5.41) is 12.9. The molecule has 1 aliphatic heterocycles. The first-order valence-electron chi connectivity index (χ1n) is 7.52. The zero-order valence-corrected chi connectivity index (χ0v) is 14.4. The maximum absolute atomic E-state index is 12.3. The van der Waals surface area contributed by atoms with E-state index in [9.17, 15) is 9.90 Å². The SMILES string of the molecule is Cc1cc(Br)c(O)c(C(=O)NCC2COc3ccccc3C2)c1. The van der Waals surface area contributed by atoms with Gasteiger partial charge < -0.3 is 15.2 Å². The molecule has 120 valence electrons. The van der Waals surface area contributed by atoms with Gasteiger partial charge in [0, 0.05) is 12.5 Å². The van der Waals surface area contributed by atoms with Crippen LogP contribution in [0.1, 0.15) is 21.5 Å². The number of halogens is 1. The highest BCUT2D eigenvalue weighted by Gasteiger charge is 2.21. The van der Waals surface area contributed by atoms with Gasteiger partial charge in [-0.25, -0.2) is 0 Å². The fourth-order valence-electron chi connectivity index (χ4n) is 2.76. The van der Waals surface area contributed by atoms with Gasteiger partial charge in [-0.3, -0.25) is 4.79 Å². The molecule has 2 aromatic rings. The summed E-state index contributed by atoms with van der Waals surface area (Å²) in [6.07, 6.45) is 0.875. The number of ether oxygens (including phenoxy) is 1. The molecule has 0 aromatic heterocycles. The summed E-state index contributed by atoms with van der Waals surface area (Å²) >= 11 is 3.26. The molecule has 1 amide bonds. The van der Waals surface area contributed by atoms with Crippen LogP contribution in [-0.2, 0) is 6.42 Å². The van der Waals surface area contributed by atoms with Crippen molar-refractivity contribution in [1.29, 1.82) is 0 Å². The number of carbonyl (C=O) groups is 1. The fourth-order valence-corrected chi connectivity index (χ4v) is 3.34. The van der Waals surface area contributed by atoms with Crippen molar-refractivity contribution in [2.24, 2.45) is 5.92 Å². The van der Waals surface area contributed by atoms with E-state index in [1.807, 2.05) is 31.2 Å². The summed E-state index contributed by atoms with van der Waals surface area (Å²) in [7, 11) is 0. The van der Waals surface area contributed by atoms with Crippen LogP contribution in [0.25, 0.3) is 0 Å². The largest absolute Gasteiger partial charge is 0.506 e. The second-order valence-electron chi connectivity index (χ2n) is 5.84. The third-order valence-corrected chi connectivity index (χ3v) is 4.56. The number of nitrogens with one attached hydrogen (secondary N) is 1. The van der Waals surface area contributed by atoms with E-state index in [4.69, 9.17) is 4.74 Å². The Balaban J connectivity index is 1.64. The number of fused-ring (bicyclic) bond motifs is 1. The molecule has 0 aliphatic carbocycles. The number of hydrogen-bond donors (Lipinski definition) is 2. The van der Waals surface area contributed by atoms with E-state index in [0.717, 1.165) is 17.7 Å². The molecule has 5 heteroatoms. The fraction of sp³-hybridized carbons (Fsp3) is 0.278. The van der Waals surface area contributed by atoms with Crippen molar-refractivity contribution >= 4 is 21.8 Å². The van der Waals surface area contributed by atoms with E-state index >= 15 is 0 Å². The molecule has 1 heterocycles. The number of benzene rings is 2. The van der Waals surface area contributed by atoms with Crippen LogP contribution >= 0.6 is 15.9 Å². The van der Waals surface area contributed by atoms with Gasteiger partial charge in [-0.2, -0.15) is 0 Å². The number of aromatic hydroxyl groups is 1. The van der Waals surface area contributed by atoms with Crippen molar-refractivity contribution in [3.05, 3.63) is 57.6 Å². The normalized spacial score (nSPS) is 16.3. The summed E-state index contributed by atoms with van der Waals surface area (Å²) in [6.45, 7) is 2.98. The highest BCUT2D eigenvalue weighted by molar-refractivity contribution is 9.10. The monoisotopic (exact) mass is 375 g/mol. The minimum absolute atomic E-state index is 0.0293. The number of aryl methyl sites for hydroxylation is 1. The Labute approximate surface area is 143 Å². The Hall–Kier alpha value is -2.01. The van der Waals surface area contributed by atoms with Crippen LogP contribution < -0.4 is 10.1 Å². The third-order valence-electron chi connectivity index (χ3n) is 3.96. The average Bonchev–Trinajstić information content (AvgIpc) is 2.55. The molecule has 0 saturated heterocycles. The van der Waals surface area contributed by atoms with E-state index in [1.54, 1.807) is 12.1 Å². The number of hydrogen-bond acceptors (Lipinski definition) is 3. The molecule has 23 heavy (non-hydrogen) atoms. The number of rotatable bonds is 3. The molecule has 1 atom stereocenters. The molecule has 1 aliphatic rings. The van der Waals surface area contributed by atoms with Crippen LogP contribution in [-0.4, -0.2) is 24.2 Å².